The van der Waals surface area contributed by atoms with E-state index in [1.807, 2.05) is 24.3 Å². The fourth-order valence-corrected chi connectivity index (χ4v) is 4.16. The highest BCUT2D eigenvalue weighted by Crippen LogP contribution is 2.44. The van der Waals surface area contributed by atoms with Crippen LogP contribution in [0.2, 0.25) is 10.0 Å². The van der Waals surface area contributed by atoms with Crippen molar-refractivity contribution >= 4 is 40.4 Å². The third-order valence-electron chi connectivity index (χ3n) is 3.65. The first-order chi connectivity index (χ1) is 12.1. The lowest BCUT2D eigenvalue weighted by molar-refractivity contribution is 1.10. The van der Waals surface area contributed by atoms with Crippen LogP contribution in [0.1, 0.15) is 0 Å². The third-order valence-corrected chi connectivity index (χ3v) is 5.39. The molecule has 124 valence electrons. The van der Waals surface area contributed by atoms with E-state index in [-0.39, 0.29) is 0 Å². The lowest BCUT2D eigenvalue weighted by Gasteiger charge is -2.05. The Bertz CT molecular complexity index is 1040. The summed E-state index contributed by atoms with van der Waals surface area (Å²) in [6.07, 6.45) is 3.17. The molecule has 0 unspecified atom stereocenters. The van der Waals surface area contributed by atoms with Crippen LogP contribution in [-0.2, 0) is 0 Å². The Morgan fingerprint density at radius 2 is 1.88 bits per heavy atom. The second-order valence-corrected chi connectivity index (χ2v) is 7.18. The molecular formula is C17H11Cl2N5S. The second-order valence-electron chi connectivity index (χ2n) is 5.28. The van der Waals surface area contributed by atoms with Crippen molar-refractivity contribution < 1.29 is 0 Å². The Labute approximate surface area is 157 Å². The van der Waals surface area contributed by atoms with Crippen molar-refractivity contribution in [1.82, 2.24) is 20.2 Å². The number of benzene rings is 1. The molecule has 5 nitrogen and oxygen atoms in total. The van der Waals surface area contributed by atoms with Gasteiger partial charge in [-0.15, -0.1) is 11.3 Å². The summed E-state index contributed by atoms with van der Waals surface area (Å²) in [4.78, 5) is 10.3. The normalized spacial score (nSPS) is 11.0. The number of nitrogen functional groups attached to an aromatic ring is 1. The largest absolute Gasteiger partial charge is 0.384 e. The maximum atomic E-state index is 6.42. The fourth-order valence-electron chi connectivity index (χ4n) is 2.53. The molecule has 0 spiro atoms. The monoisotopic (exact) mass is 387 g/mol. The minimum atomic E-state index is 0.471. The molecule has 0 bridgehead atoms. The smallest absolute Gasteiger partial charge is 0.166 e. The van der Waals surface area contributed by atoms with Gasteiger partial charge in [-0.05, 0) is 35.9 Å². The summed E-state index contributed by atoms with van der Waals surface area (Å²) >= 11 is 14.0. The SMILES string of the molecule is Nc1cc(-c2cc(-c3ccc(Cl)cc3Cl)c(-c3ncn[nH]3)s2)ccn1. The van der Waals surface area contributed by atoms with Crippen LogP contribution >= 0.6 is 34.5 Å². The molecular weight excluding hydrogens is 377 g/mol. The maximum absolute atomic E-state index is 6.42. The number of halogens is 2. The highest BCUT2D eigenvalue weighted by atomic mass is 35.5. The van der Waals surface area contributed by atoms with E-state index < -0.39 is 0 Å². The number of hydrogen-bond donors (Lipinski definition) is 2. The number of nitrogens with two attached hydrogens (primary N) is 1. The highest BCUT2D eigenvalue weighted by Gasteiger charge is 2.18. The van der Waals surface area contributed by atoms with Gasteiger partial charge < -0.3 is 5.73 Å². The summed E-state index contributed by atoms with van der Waals surface area (Å²) in [5, 5.41) is 8.03. The van der Waals surface area contributed by atoms with Gasteiger partial charge in [0.25, 0.3) is 0 Å². The van der Waals surface area contributed by atoms with Crippen molar-refractivity contribution in [2.75, 3.05) is 5.73 Å². The Kier molecular flexibility index (Phi) is 4.17. The van der Waals surface area contributed by atoms with Crippen LogP contribution in [-0.4, -0.2) is 20.2 Å². The molecule has 3 aromatic heterocycles. The number of anilines is 1. The van der Waals surface area contributed by atoms with E-state index in [9.17, 15) is 0 Å². The summed E-state index contributed by atoms with van der Waals surface area (Å²) < 4.78 is 0. The molecule has 8 heteroatoms. The van der Waals surface area contributed by atoms with Crippen LogP contribution in [0.5, 0.6) is 0 Å². The molecule has 4 aromatic rings. The molecule has 3 N–H and O–H groups in total. The number of aromatic amines is 1. The van der Waals surface area contributed by atoms with Crippen molar-refractivity contribution in [2.24, 2.45) is 0 Å². The first kappa shape index (κ1) is 16.1. The van der Waals surface area contributed by atoms with Gasteiger partial charge >= 0.3 is 0 Å². The van der Waals surface area contributed by atoms with Gasteiger partial charge in [0.15, 0.2) is 5.82 Å². The van der Waals surface area contributed by atoms with Crippen LogP contribution in [0.25, 0.3) is 32.3 Å². The lowest BCUT2D eigenvalue weighted by atomic mass is 10.0. The number of thiophene rings is 1. The fraction of sp³-hybridized carbons (Fsp3) is 0. The van der Waals surface area contributed by atoms with Gasteiger partial charge in [0.05, 0.1) is 4.88 Å². The predicted octanol–water partition coefficient (Wildman–Crippen LogP) is 5.15. The van der Waals surface area contributed by atoms with Gasteiger partial charge in [-0.2, -0.15) is 5.10 Å². The van der Waals surface area contributed by atoms with Gasteiger partial charge in [0, 0.05) is 32.2 Å². The van der Waals surface area contributed by atoms with Gasteiger partial charge in [0.2, 0.25) is 0 Å². The first-order valence-electron chi connectivity index (χ1n) is 7.29. The summed E-state index contributed by atoms with van der Waals surface area (Å²) in [5.41, 5.74) is 8.63. The molecule has 0 aliphatic carbocycles. The molecule has 0 fully saturated rings. The Morgan fingerprint density at radius 1 is 1.00 bits per heavy atom. The molecule has 0 radical (unpaired) electrons. The quantitative estimate of drug-likeness (QED) is 0.509. The molecule has 1 aromatic carbocycles. The van der Waals surface area contributed by atoms with Gasteiger partial charge in [0.1, 0.15) is 12.1 Å². The van der Waals surface area contributed by atoms with E-state index in [0.29, 0.717) is 21.7 Å². The van der Waals surface area contributed by atoms with Crippen molar-refractivity contribution in [3.63, 3.8) is 0 Å². The molecule has 0 aliphatic rings. The van der Waals surface area contributed by atoms with Gasteiger partial charge in [-0.3, -0.25) is 5.10 Å². The minimum absolute atomic E-state index is 0.471. The van der Waals surface area contributed by atoms with Crippen LogP contribution in [0.4, 0.5) is 5.82 Å². The van der Waals surface area contributed by atoms with Gasteiger partial charge in [-0.25, -0.2) is 9.97 Å². The van der Waals surface area contributed by atoms with E-state index in [2.05, 4.69) is 26.2 Å². The summed E-state index contributed by atoms with van der Waals surface area (Å²) in [5.74, 6) is 1.15. The topological polar surface area (TPSA) is 80.5 Å². The lowest BCUT2D eigenvalue weighted by Crippen LogP contribution is -1.88. The van der Waals surface area contributed by atoms with Crippen LogP contribution in [0, 0.1) is 0 Å². The summed E-state index contributed by atoms with van der Waals surface area (Å²) in [6, 6.07) is 11.3. The molecule has 3 heterocycles. The summed E-state index contributed by atoms with van der Waals surface area (Å²) in [7, 11) is 0. The molecule has 25 heavy (non-hydrogen) atoms. The van der Waals surface area contributed by atoms with Crippen molar-refractivity contribution in [1.29, 1.82) is 0 Å². The second kappa shape index (κ2) is 6.48. The third kappa shape index (κ3) is 3.11. The molecule has 4 rings (SSSR count). The van der Waals surface area contributed by atoms with Crippen molar-refractivity contribution in [3.8, 4) is 32.3 Å². The zero-order valence-corrected chi connectivity index (χ0v) is 15.0. The molecule has 0 saturated carbocycles. The minimum Gasteiger partial charge on any atom is -0.384 e. The standard InChI is InChI=1S/C17H11Cl2N5S/c18-10-1-2-11(13(19)6-10)12-7-14(9-3-4-21-15(20)5-9)25-16(12)17-22-8-23-24-17/h1-8H,(H2,20,21)(H,22,23,24). The van der Waals surface area contributed by atoms with Gasteiger partial charge in [-0.1, -0.05) is 29.3 Å². The van der Waals surface area contributed by atoms with E-state index >= 15 is 0 Å². The summed E-state index contributed by atoms with van der Waals surface area (Å²) in [6.45, 7) is 0. The average Bonchev–Trinajstić information content (AvgIpc) is 3.24. The maximum Gasteiger partial charge on any atom is 0.166 e. The zero-order valence-electron chi connectivity index (χ0n) is 12.7. The number of rotatable bonds is 3. The Balaban J connectivity index is 1.93. The molecule has 0 atom stereocenters. The molecule has 0 amide bonds. The average molecular weight is 388 g/mol. The zero-order chi connectivity index (χ0) is 17.4. The number of hydrogen-bond acceptors (Lipinski definition) is 5. The highest BCUT2D eigenvalue weighted by molar-refractivity contribution is 7.19. The van der Waals surface area contributed by atoms with E-state index in [1.54, 1.807) is 23.6 Å². The number of pyridine rings is 1. The van der Waals surface area contributed by atoms with Crippen LogP contribution < -0.4 is 5.73 Å². The molecule has 0 aliphatic heterocycles. The van der Waals surface area contributed by atoms with Crippen LogP contribution in [0.3, 0.4) is 0 Å². The van der Waals surface area contributed by atoms with Crippen LogP contribution in [0.15, 0.2) is 48.9 Å². The van der Waals surface area contributed by atoms with Crippen molar-refractivity contribution in [3.05, 3.63) is 59.0 Å². The number of nitrogens with one attached hydrogen (secondary N) is 1. The predicted molar refractivity (Wildman–Crippen MR) is 103 cm³/mol. The number of nitrogens with zero attached hydrogens (tertiary/aromatic N) is 3. The van der Waals surface area contributed by atoms with E-state index in [0.717, 1.165) is 26.4 Å². The Hall–Kier alpha value is -2.41. The first-order valence-corrected chi connectivity index (χ1v) is 8.86. The number of aromatic nitrogens is 4. The van der Waals surface area contributed by atoms with E-state index in [1.165, 1.54) is 6.33 Å². The molecule has 0 saturated heterocycles. The number of H-pyrrole nitrogens is 1. The van der Waals surface area contributed by atoms with Crippen molar-refractivity contribution in [2.45, 2.75) is 0 Å². The Morgan fingerprint density at radius 3 is 2.60 bits per heavy atom. The van der Waals surface area contributed by atoms with E-state index in [4.69, 9.17) is 28.9 Å².